The lowest BCUT2D eigenvalue weighted by molar-refractivity contribution is 0.0600. The molecule has 0 fully saturated rings. The Kier molecular flexibility index (Phi) is 3.80. The number of nitrogens with one attached hydrogen (secondary N) is 2. The smallest absolute Gasteiger partial charge is 0.337 e. The molecule has 144 valence electrons. The van der Waals surface area contributed by atoms with Crippen LogP contribution in [0.5, 0.6) is 11.5 Å². The minimum absolute atomic E-state index is 0.158. The molecule has 4 aromatic rings. The number of H-pyrrole nitrogens is 2. The molecule has 0 aliphatic carbocycles. The van der Waals surface area contributed by atoms with Crippen LogP contribution in [0.1, 0.15) is 15.9 Å². The lowest BCUT2D eigenvalue weighted by atomic mass is 10.1. The number of esters is 1. The monoisotopic (exact) mass is 390 g/mol. The van der Waals surface area contributed by atoms with Crippen molar-refractivity contribution in [2.45, 2.75) is 0 Å². The molecule has 0 unspecified atom stereocenters. The van der Waals surface area contributed by atoms with Crippen LogP contribution in [0.15, 0.2) is 46.2 Å². The van der Waals surface area contributed by atoms with E-state index in [-0.39, 0.29) is 12.4 Å². The number of carbonyl (C=O) groups is 1. The summed E-state index contributed by atoms with van der Waals surface area (Å²) in [6.07, 6.45) is 1.60. The molecule has 0 bridgehead atoms. The summed E-state index contributed by atoms with van der Waals surface area (Å²) in [7, 11) is 1.33. The molecule has 0 radical (unpaired) electrons. The van der Waals surface area contributed by atoms with Crippen LogP contribution in [0.4, 0.5) is 5.82 Å². The van der Waals surface area contributed by atoms with E-state index in [0.29, 0.717) is 33.8 Å². The van der Waals surface area contributed by atoms with Gasteiger partial charge in [-0.3, -0.25) is 4.79 Å². The third-order valence-electron chi connectivity index (χ3n) is 4.67. The zero-order valence-electron chi connectivity index (χ0n) is 15.2. The standard InChI is InChI=1S/C20H14N4O5/c1-27-20(26)11-4-2-10(3-5-11)8-21-18-16-12-6-14-15(29-9-28-14)7-13(12)22-17(16)19(25)24-23-18/h2-8,22H,9H2,1H3,(H,24,25). The molecule has 2 N–H and O–H groups in total. The van der Waals surface area contributed by atoms with Crippen LogP contribution in [-0.4, -0.2) is 41.3 Å². The van der Waals surface area contributed by atoms with Gasteiger partial charge in [0.05, 0.1) is 23.6 Å². The van der Waals surface area contributed by atoms with Gasteiger partial charge in [0, 0.05) is 17.7 Å². The number of aliphatic imine (C=N–C) groups is 1. The maximum atomic E-state index is 12.3. The molecular weight excluding hydrogens is 376 g/mol. The lowest BCUT2D eigenvalue weighted by Gasteiger charge is -2.00. The summed E-state index contributed by atoms with van der Waals surface area (Å²) < 4.78 is 15.5. The number of rotatable bonds is 3. The maximum Gasteiger partial charge on any atom is 0.337 e. The SMILES string of the molecule is COC(=O)c1ccc(C=Nc2n[nH]c(=O)c3[nH]c4cc5c(cc4c23)OCO5)cc1. The fraction of sp³-hybridized carbons (Fsp3) is 0.100. The van der Waals surface area contributed by atoms with Crippen LogP contribution in [0, 0.1) is 0 Å². The first-order valence-corrected chi connectivity index (χ1v) is 8.70. The van der Waals surface area contributed by atoms with E-state index in [0.717, 1.165) is 16.5 Å². The Balaban J connectivity index is 1.60. The zero-order chi connectivity index (χ0) is 20.0. The van der Waals surface area contributed by atoms with E-state index in [9.17, 15) is 9.59 Å². The van der Waals surface area contributed by atoms with Gasteiger partial charge >= 0.3 is 5.97 Å². The lowest BCUT2D eigenvalue weighted by Crippen LogP contribution is -2.07. The van der Waals surface area contributed by atoms with Gasteiger partial charge in [-0.15, -0.1) is 0 Å². The average molecular weight is 390 g/mol. The average Bonchev–Trinajstić information content (AvgIpc) is 3.36. The number of carbonyl (C=O) groups excluding carboxylic acids is 1. The van der Waals surface area contributed by atoms with Gasteiger partial charge in [-0.2, -0.15) is 5.10 Å². The molecule has 3 heterocycles. The second-order valence-electron chi connectivity index (χ2n) is 6.37. The number of methoxy groups -OCH3 is 1. The zero-order valence-corrected chi connectivity index (χ0v) is 15.2. The quantitative estimate of drug-likeness (QED) is 0.410. The van der Waals surface area contributed by atoms with Crippen LogP contribution in [-0.2, 0) is 4.74 Å². The number of hydrogen-bond acceptors (Lipinski definition) is 7. The van der Waals surface area contributed by atoms with Gasteiger partial charge in [0.15, 0.2) is 17.3 Å². The fourth-order valence-electron chi connectivity index (χ4n) is 3.25. The molecule has 5 rings (SSSR count). The predicted octanol–water partition coefficient (Wildman–Crippen LogP) is 2.67. The van der Waals surface area contributed by atoms with Gasteiger partial charge in [-0.1, -0.05) is 12.1 Å². The Morgan fingerprint density at radius 2 is 1.97 bits per heavy atom. The number of aromatic nitrogens is 3. The van der Waals surface area contributed by atoms with E-state index in [4.69, 9.17) is 9.47 Å². The Morgan fingerprint density at radius 3 is 2.72 bits per heavy atom. The molecular formula is C20H14N4O5. The van der Waals surface area contributed by atoms with Crippen LogP contribution in [0.3, 0.4) is 0 Å². The van der Waals surface area contributed by atoms with E-state index in [1.807, 2.05) is 6.07 Å². The minimum Gasteiger partial charge on any atom is -0.465 e. The van der Waals surface area contributed by atoms with Crippen molar-refractivity contribution < 1.29 is 19.0 Å². The van der Waals surface area contributed by atoms with E-state index in [1.165, 1.54) is 7.11 Å². The highest BCUT2D eigenvalue weighted by molar-refractivity contribution is 6.12. The summed E-state index contributed by atoms with van der Waals surface area (Å²) in [5, 5.41) is 7.90. The molecule has 9 nitrogen and oxygen atoms in total. The molecule has 9 heteroatoms. The van der Waals surface area contributed by atoms with Crippen molar-refractivity contribution in [3.8, 4) is 11.5 Å². The van der Waals surface area contributed by atoms with Crippen LogP contribution in [0.2, 0.25) is 0 Å². The molecule has 0 atom stereocenters. The Morgan fingerprint density at radius 1 is 1.21 bits per heavy atom. The van der Waals surface area contributed by atoms with Gasteiger partial charge in [0.25, 0.3) is 5.56 Å². The van der Waals surface area contributed by atoms with Crippen molar-refractivity contribution in [3.05, 3.63) is 57.9 Å². The van der Waals surface area contributed by atoms with Crippen molar-refractivity contribution in [2.75, 3.05) is 13.9 Å². The Labute approximate surface area is 162 Å². The minimum atomic E-state index is -0.407. The summed E-state index contributed by atoms with van der Waals surface area (Å²) in [5.41, 5.74) is 1.95. The number of aromatic amines is 2. The molecule has 2 aromatic carbocycles. The third kappa shape index (κ3) is 2.80. The highest BCUT2D eigenvalue weighted by atomic mass is 16.7. The van der Waals surface area contributed by atoms with Crippen molar-refractivity contribution in [1.29, 1.82) is 0 Å². The molecule has 1 aliphatic rings. The van der Waals surface area contributed by atoms with E-state index < -0.39 is 5.97 Å². The van der Waals surface area contributed by atoms with Crippen LogP contribution < -0.4 is 15.0 Å². The van der Waals surface area contributed by atoms with Crippen molar-refractivity contribution in [2.24, 2.45) is 4.99 Å². The normalized spacial score (nSPS) is 12.9. The van der Waals surface area contributed by atoms with E-state index >= 15 is 0 Å². The second-order valence-corrected chi connectivity index (χ2v) is 6.37. The topological polar surface area (TPSA) is 119 Å². The maximum absolute atomic E-state index is 12.3. The van der Waals surface area contributed by atoms with E-state index in [2.05, 4.69) is 24.9 Å². The number of nitrogens with zero attached hydrogens (tertiary/aromatic N) is 2. The molecule has 1 aliphatic heterocycles. The molecule has 0 spiro atoms. The van der Waals surface area contributed by atoms with E-state index in [1.54, 1.807) is 36.5 Å². The largest absolute Gasteiger partial charge is 0.465 e. The first-order valence-electron chi connectivity index (χ1n) is 8.70. The number of benzene rings is 2. The summed E-state index contributed by atoms with van der Waals surface area (Å²) in [4.78, 5) is 31.3. The van der Waals surface area contributed by atoms with Gasteiger partial charge in [-0.25, -0.2) is 14.9 Å². The third-order valence-corrected chi connectivity index (χ3v) is 4.67. The molecule has 29 heavy (non-hydrogen) atoms. The molecule has 0 amide bonds. The summed E-state index contributed by atoms with van der Waals surface area (Å²) in [6, 6.07) is 10.4. The van der Waals surface area contributed by atoms with Crippen molar-refractivity contribution >= 4 is 39.8 Å². The highest BCUT2D eigenvalue weighted by Crippen LogP contribution is 2.39. The Bertz CT molecular complexity index is 1350. The summed E-state index contributed by atoms with van der Waals surface area (Å²) >= 11 is 0. The number of fused-ring (bicyclic) bond motifs is 4. The van der Waals surface area contributed by atoms with Gasteiger partial charge in [0.2, 0.25) is 6.79 Å². The predicted molar refractivity (Wildman–Crippen MR) is 105 cm³/mol. The Hall–Kier alpha value is -4.14. The summed E-state index contributed by atoms with van der Waals surface area (Å²) in [5.74, 6) is 1.16. The first kappa shape index (κ1) is 17.0. The molecule has 2 aromatic heterocycles. The van der Waals surface area contributed by atoms with Crippen LogP contribution in [0.25, 0.3) is 21.8 Å². The first-order chi connectivity index (χ1) is 14.1. The molecule has 0 saturated heterocycles. The highest BCUT2D eigenvalue weighted by Gasteiger charge is 2.19. The number of hydrogen-bond donors (Lipinski definition) is 2. The van der Waals surface area contributed by atoms with Gasteiger partial charge in [0.1, 0.15) is 5.52 Å². The summed E-state index contributed by atoms with van der Waals surface area (Å²) in [6.45, 7) is 0.158. The van der Waals surface area contributed by atoms with Gasteiger partial charge in [-0.05, 0) is 23.8 Å². The fourth-order valence-corrected chi connectivity index (χ4v) is 3.25. The molecule has 0 saturated carbocycles. The van der Waals surface area contributed by atoms with Crippen molar-refractivity contribution in [1.82, 2.24) is 15.2 Å². The van der Waals surface area contributed by atoms with Gasteiger partial charge < -0.3 is 19.2 Å². The number of ether oxygens (including phenoxy) is 3. The second kappa shape index (κ2) is 6.48. The van der Waals surface area contributed by atoms with Crippen molar-refractivity contribution in [3.63, 3.8) is 0 Å². The van der Waals surface area contributed by atoms with Crippen LogP contribution >= 0.6 is 0 Å².